The summed E-state index contributed by atoms with van der Waals surface area (Å²) in [5.41, 5.74) is -0.0852. The highest BCUT2D eigenvalue weighted by Crippen LogP contribution is 2.26. The van der Waals surface area contributed by atoms with Gasteiger partial charge in [-0.1, -0.05) is 17.7 Å². The summed E-state index contributed by atoms with van der Waals surface area (Å²) in [6.45, 7) is -0.361. The van der Waals surface area contributed by atoms with Crippen LogP contribution in [0.25, 0.3) is 0 Å². The molecule has 0 radical (unpaired) electrons. The Morgan fingerprint density at radius 2 is 2.27 bits per heavy atom. The van der Waals surface area contributed by atoms with Crippen LogP contribution >= 0.6 is 11.6 Å². The van der Waals surface area contributed by atoms with Crippen LogP contribution in [0.15, 0.2) is 18.2 Å². The molecular weight excluding hydrogens is 223 g/mol. The molecule has 0 atom stereocenters. The van der Waals surface area contributed by atoms with Crippen molar-refractivity contribution in [3.05, 3.63) is 28.8 Å². The van der Waals surface area contributed by atoms with E-state index in [1.807, 2.05) is 0 Å². The zero-order chi connectivity index (χ0) is 11.3. The Morgan fingerprint density at radius 3 is 2.87 bits per heavy atom. The highest BCUT2D eigenvalue weighted by Gasteiger charge is 2.15. The van der Waals surface area contributed by atoms with Crippen LogP contribution in [0.5, 0.6) is 5.75 Å². The Bertz CT molecular complexity index is 355. The number of aromatic carboxylic acids is 1. The summed E-state index contributed by atoms with van der Waals surface area (Å²) in [5, 5.41) is 8.98. The van der Waals surface area contributed by atoms with Crippen molar-refractivity contribution in [3.63, 3.8) is 0 Å². The molecule has 0 heterocycles. The predicted molar refractivity (Wildman–Crippen MR) is 54.5 cm³/mol. The number of carbonyl (C=O) groups is 1. The summed E-state index contributed by atoms with van der Waals surface area (Å²) in [4.78, 5) is 10.8. The number of halogens is 2. The maximum Gasteiger partial charge on any atom is 0.341 e. The van der Waals surface area contributed by atoms with Gasteiger partial charge in [0, 0.05) is 6.42 Å². The van der Waals surface area contributed by atoms with Gasteiger partial charge in [0.25, 0.3) is 0 Å². The van der Waals surface area contributed by atoms with Gasteiger partial charge in [0.1, 0.15) is 11.3 Å². The van der Waals surface area contributed by atoms with Gasteiger partial charge >= 0.3 is 5.97 Å². The zero-order valence-electron chi connectivity index (χ0n) is 7.87. The van der Waals surface area contributed by atoms with E-state index in [1.165, 1.54) is 12.1 Å². The Morgan fingerprint density at radius 1 is 1.53 bits per heavy atom. The van der Waals surface area contributed by atoms with Crippen molar-refractivity contribution in [1.29, 1.82) is 0 Å². The summed E-state index contributed by atoms with van der Waals surface area (Å²) in [7, 11) is 0. The quantitative estimate of drug-likeness (QED) is 0.794. The van der Waals surface area contributed by atoms with Crippen LogP contribution in [0, 0.1) is 0 Å². The summed E-state index contributed by atoms with van der Waals surface area (Å²) in [5.74, 6) is -0.987. The Hall–Kier alpha value is -1.29. The van der Waals surface area contributed by atoms with Crippen LogP contribution in [0.2, 0.25) is 5.02 Å². The molecule has 0 aliphatic heterocycles. The van der Waals surface area contributed by atoms with E-state index < -0.39 is 12.6 Å². The summed E-state index contributed by atoms with van der Waals surface area (Å²) in [6.07, 6.45) is 0.228. The average Bonchev–Trinajstić information content (AvgIpc) is 2.17. The molecule has 1 N–H and O–H groups in total. The number of ether oxygens (including phenoxy) is 1. The third kappa shape index (κ3) is 3.09. The topological polar surface area (TPSA) is 46.5 Å². The van der Waals surface area contributed by atoms with Crippen LogP contribution in [-0.2, 0) is 0 Å². The normalized spacial score (nSPS) is 10.0. The Kier molecular flexibility index (Phi) is 4.37. The van der Waals surface area contributed by atoms with Crippen LogP contribution in [-0.4, -0.2) is 24.4 Å². The molecule has 0 fully saturated rings. The van der Waals surface area contributed by atoms with E-state index in [-0.39, 0.29) is 29.4 Å². The van der Waals surface area contributed by atoms with E-state index in [2.05, 4.69) is 0 Å². The second-order valence-electron chi connectivity index (χ2n) is 2.81. The lowest BCUT2D eigenvalue weighted by atomic mass is 10.2. The fraction of sp³-hybridized carbons (Fsp3) is 0.300. The molecule has 1 rings (SSSR count). The van der Waals surface area contributed by atoms with Crippen molar-refractivity contribution in [2.45, 2.75) is 6.42 Å². The van der Waals surface area contributed by atoms with Crippen LogP contribution in [0.4, 0.5) is 4.39 Å². The molecule has 0 bridgehead atoms. The number of carboxylic acids is 1. The van der Waals surface area contributed by atoms with Gasteiger partial charge in [-0.15, -0.1) is 0 Å². The van der Waals surface area contributed by atoms with Gasteiger partial charge < -0.3 is 9.84 Å². The van der Waals surface area contributed by atoms with Gasteiger partial charge in [-0.25, -0.2) is 4.79 Å². The van der Waals surface area contributed by atoms with Crippen LogP contribution in [0.3, 0.4) is 0 Å². The lowest BCUT2D eigenvalue weighted by Gasteiger charge is -2.08. The number of carboxylic acid groups (broad SMARTS) is 1. The highest BCUT2D eigenvalue weighted by atomic mass is 35.5. The van der Waals surface area contributed by atoms with E-state index in [1.54, 1.807) is 6.07 Å². The van der Waals surface area contributed by atoms with Gasteiger partial charge in [0.05, 0.1) is 18.3 Å². The number of hydrogen-bond acceptors (Lipinski definition) is 2. The summed E-state index contributed by atoms with van der Waals surface area (Å²) in [6, 6.07) is 4.54. The van der Waals surface area contributed by atoms with Gasteiger partial charge in [0.2, 0.25) is 0 Å². The van der Waals surface area contributed by atoms with E-state index in [0.29, 0.717) is 0 Å². The molecule has 1 aromatic carbocycles. The molecule has 0 saturated heterocycles. The maximum atomic E-state index is 11.8. The first-order valence-electron chi connectivity index (χ1n) is 4.37. The summed E-state index contributed by atoms with van der Waals surface area (Å²) >= 11 is 5.70. The van der Waals surface area contributed by atoms with Gasteiger partial charge in [-0.3, -0.25) is 4.39 Å². The monoisotopic (exact) mass is 232 g/mol. The molecule has 0 unspecified atom stereocenters. The van der Waals surface area contributed by atoms with Crippen molar-refractivity contribution in [1.82, 2.24) is 0 Å². The molecule has 82 valence electrons. The van der Waals surface area contributed by atoms with E-state index in [0.717, 1.165) is 0 Å². The molecular formula is C10H10ClFO3. The fourth-order valence-electron chi connectivity index (χ4n) is 1.07. The standard InChI is InChI=1S/C10H10ClFO3/c11-7-3-1-4-8(9(7)10(13)14)15-6-2-5-12/h1,3-4H,2,5-6H2,(H,13,14). The molecule has 0 aromatic heterocycles. The molecule has 0 saturated carbocycles. The van der Waals surface area contributed by atoms with Gasteiger partial charge in [-0.05, 0) is 12.1 Å². The van der Waals surface area contributed by atoms with E-state index in [9.17, 15) is 9.18 Å². The smallest absolute Gasteiger partial charge is 0.341 e. The Labute approximate surface area is 91.4 Å². The second kappa shape index (κ2) is 5.56. The second-order valence-corrected chi connectivity index (χ2v) is 3.22. The van der Waals surface area contributed by atoms with E-state index in [4.69, 9.17) is 21.4 Å². The molecule has 1 aromatic rings. The molecule has 0 aliphatic rings. The van der Waals surface area contributed by atoms with Gasteiger partial charge in [-0.2, -0.15) is 0 Å². The third-order valence-electron chi connectivity index (χ3n) is 1.72. The predicted octanol–water partition coefficient (Wildman–Crippen LogP) is 2.78. The largest absolute Gasteiger partial charge is 0.493 e. The number of rotatable bonds is 5. The minimum atomic E-state index is -1.16. The van der Waals surface area contributed by atoms with Crippen LogP contribution < -0.4 is 4.74 Å². The lowest BCUT2D eigenvalue weighted by molar-refractivity contribution is 0.0692. The van der Waals surface area contributed by atoms with Crippen molar-refractivity contribution >= 4 is 17.6 Å². The first-order chi connectivity index (χ1) is 7.16. The highest BCUT2D eigenvalue weighted by molar-refractivity contribution is 6.33. The lowest BCUT2D eigenvalue weighted by Crippen LogP contribution is -2.05. The minimum Gasteiger partial charge on any atom is -0.493 e. The molecule has 0 amide bonds. The zero-order valence-corrected chi connectivity index (χ0v) is 8.63. The van der Waals surface area contributed by atoms with Gasteiger partial charge in [0.15, 0.2) is 0 Å². The molecule has 15 heavy (non-hydrogen) atoms. The van der Waals surface area contributed by atoms with Crippen molar-refractivity contribution in [2.75, 3.05) is 13.3 Å². The molecule has 3 nitrogen and oxygen atoms in total. The van der Waals surface area contributed by atoms with Crippen molar-refractivity contribution < 1.29 is 19.0 Å². The molecule has 0 spiro atoms. The first-order valence-corrected chi connectivity index (χ1v) is 4.75. The van der Waals surface area contributed by atoms with Crippen LogP contribution in [0.1, 0.15) is 16.8 Å². The Balaban J connectivity index is 2.86. The van der Waals surface area contributed by atoms with E-state index >= 15 is 0 Å². The maximum absolute atomic E-state index is 11.8. The van der Waals surface area contributed by atoms with Crippen molar-refractivity contribution in [3.8, 4) is 5.75 Å². The first kappa shape index (κ1) is 11.8. The third-order valence-corrected chi connectivity index (χ3v) is 2.04. The molecule has 0 aliphatic carbocycles. The SMILES string of the molecule is O=C(O)c1c(Cl)cccc1OCCCF. The number of hydrogen-bond donors (Lipinski definition) is 1. The number of alkyl halides is 1. The fourth-order valence-corrected chi connectivity index (χ4v) is 1.32. The molecule has 5 heteroatoms. The summed E-state index contributed by atoms with van der Waals surface area (Å²) < 4.78 is 16.9. The number of benzene rings is 1. The van der Waals surface area contributed by atoms with Crippen molar-refractivity contribution in [2.24, 2.45) is 0 Å². The average molecular weight is 233 g/mol. The minimum absolute atomic E-state index is 0.0852.